The minimum Gasteiger partial charge on any atom is -0.463 e. The van der Waals surface area contributed by atoms with Gasteiger partial charge in [-0.2, -0.15) is 0 Å². The predicted molar refractivity (Wildman–Crippen MR) is 109 cm³/mol. The Hall–Kier alpha value is -3.88. The van der Waals surface area contributed by atoms with Crippen LogP contribution in [0, 0.1) is 0 Å². The maximum Gasteiger partial charge on any atom is 0.344 e. The normalized spacial score (nSPS) is 11.1. The van der Waals surface area contributed by atoms with Crippen LogP contribution >= 0.6 is 0 Å². The number of rotatable bonds is 8. The van der Waals surface area contributed by atoms with Crippen LogP contribution in [-0.2, 0) is 19.1 Å². The number of hydrogen-bond acceptors (Lipinski definition) is 7. The zero-order valence-electron chi connectivity index (χ0n) is 16.7. The SMILES string of the molecule is CCOC(=O)COC(=O)[C@H](C)c1ccc(OC(=O)c2ccc(N=C(N)N)cc2)cc1. The van der Waals surface area contributed by atoms with Gasteiger partial charge < -0.3 is 25.7 Å². The van der Waals surface area contributed by atoms with E-state index in [9.17, 15) is 14.4 Å². The van der Waals surface area contributed by atoms with Gasteiger partial charge in [-0.05, 0) is 55.8 Å². The molecule has 0 spiro atoms. The van der Waals surface area contributed by atoms with Crippen molar-refractivity contribution in [1.29, 1.82) is 0 Å². The van der Waals surface area contributed by atoms with E-state index >= 15 is 0 Å². The number of esters is 3. The maximum absolute atomic E-state index is 12.3. The van der Waals surface area contributed by atoms with Crippen LogP contribution in [0.25, 0.3) is 0 Å². The van der Waals surface area contributed by atoms with E-state index in [1.807, 2.05) is 0 Å². The minimum absolute atomic E-state index is 0.0792. The summed E-state index contributed by atoms with van der Waals surface area (Å²) in [5.74, 6) is -2.10. The van der Waals surface area contributed by atoms with Crippen LogP contribution in [0.15, 0.2) is 53.5 Å². The first-order valence-electron chi connectivity index (χ1n) is 9.14. The molecule has 2 rings (SSSR count). The van der Waals surface area contributed by atoms with E-state index in [0.717, 1.165) is 0 Å². The molecule has 0 amide bonds. The number of carbonyl (C=O) groups excluding carboxylic acids is 3. The lowest BCUT2D eigenvalue weighted by atomic mass is 10.0. The molecule has 4 N–H and O–H groups in total. The summed E-state index contributed by atoms with van der Waals surface area (Å²) < 4.78 is 15.0. The van der Waals surface area contributed by atoms with Crippen molar-refractivity contribution in [2.45, 2.75) is 19.8 Å². The first kappa shape index (κ1) is 22.4. The molecule has 9 nitrogen and oxygen atoms in total. The third-order valence-electron chi connectivity index (χ3n) is 3.94. The number of nitrogens with two attached hydrogens (primary N) is 2. The Labute approximate surface area is 173 Å². The van der Waals surface area contributed by atoms with E-state index in [2.05, 4.69) is 4.99 Å². The van der Waals surface area contributed by atoms with Gasteiger partial charge >= 0.3 is 17.9 Å². The number of benzene rings is 2. The van der Waals surface area contributed by atoms with E-state index in [0.29, 0.717) is 22.6 Å². The third-order valence-corrected chi connectivity index (χ3v) is 3.94. The van der Waals surface area contributed by atoms with Crippen LogP contribution in [0.3, 0.4) is 0 Å². The highest BCUT2D eigenvalue weighted by Crippen LogP contribution is 2.22. The molecule has 158 valence electrons. The summed E-state index contributed by atoms with van der Waals surface area (Å²) in [6.07, 6.45) is 0. The van der Waals surface area contributed by atoms with E-state index in [-0.39, 0.29) is 12.6 Å². The smallest absolute Gasteiger partial charge is 0.344 e. The first-order valence-corrected chi connectivity index (χ1v) is 9.14. The van der Waals surface area contributed by atoms with Crippen molar-refractivity contribution in [3.8, 4) is 5.75 Å². The fourth-order valence-corrected chi connectivity index (χ4v) is 2.41. The topological polar surface area (TPSA) is 143 Å². The molecule has 0 radical (unpaired) electrons. The Morgan fingerprint density at radius 1 is 0.967 bits per heavy atom. The second kappa shape index (κ2) is 10.6. The molecule has 30 heavy (non-hydrogen) atoms. The highest BCUT2D eigenvalue weighted by molar-refractivity contribution is 5.91. The number of nitrogens with zero attached hydrogens (tertiary/aromatic N) is 1. The van der Waals surface area contributed by atoms with Gasteiger partial charge in [-0.3, -0.25) is 4.79 Å². The Bertz CT molecular complexity index is 919. The number of ether oxygens (including phenoxy) is 3. The summed E-state index contributed by atoms with van der Waals surface area (Å²) >= 11 is 0. The van der Waals surface area contributed by atoms with Gasteiger partial charge in [0.1, 0.15) is 5.75 Å². The highest BCUT2D eigenvalue weighted by Gasteiger charge is 2.19. The van der Waals surface area contributed by atoms with Crippen LogP contribution in [-0.4, -0.2) is 37.1 Å². The van der Waals surface area contributed by atoms with E-state index in [1.165, 1.54) is 0 Å². The molecule has 0 fully saturated rings. The summed E-state index contributed by atoms with van der Waals surface area (Å²) in [4.78, 5) is 39.4. The van der Waals surface area contributed by atoms with Crippen LogP contribution in [0.2, 0.25) is 0 Å². The quantitative estimate of drug-likeness (QED) is 0.289. The van der Waals surface area contributed by atoms with E-state index < -0.39 is 30.4 Å². The zero-order valence-corrected chi connectivity index (χ0v) is 16.7. The monoisotopic (exact) mass is 413 g/mol. The number of hydrogen-bond donors (Lipinski definition) is 2. The summed E-state index contributed by atoms with van der Waals surface area (Å²) in [6.45, 7) is 3.09. The van der Waals surface area contributed by atoms with Gasteiger partial charge in [-0.15, -0.1) is 0 Å². The van der Waals surface area contributed by atoms with Gasteiger partial charge in [-0.25, -0.2) is 14.6 Å². The summed E-state index contributed by atoms with van der Waals surface area (Å²) in [7, 11) is 0. The lowest BCUT2D eigenvalue weighted by Crippen LogP contribution is -2.21. The zero-order chi connectivity index (χ0) is 22.1. The molecule has 0 heterocycles. The average Bonchev–Trinajstić information content (AvgIpc) is 2.72. The lowest BCUT2D eigenvalue weighted by Gasteiger charge is -2.12. The van der Waals surface area contributed by atoms with Gasteiger partial charge in [-0.1, -0.05) is 12.1 Å². The molecule has 0 bridgehead atoms. The Morgan fingerprint density at radius 2 is 1.60 bits per heavy atom. The molecule has 0 aliphatic carbocycles. The molecule has 0 aliphatic rings. The van der Waals surface area contributed by atoms with Crippen molar-refractivity contribution in [2.75, 3.05) is 13.2 Å². The van der Waals surface area contributed by atoms with Crippen LogP contribution < -0.4 is 16.2 Å². The summed E-state index contributed by atoms with van der Waals surface area (Å²) in [6, 6.07) is 12.7. The van der Waals surface area contributed by atoms with Crippen molar-refractivity contribution in [2.24, 2.45) is 16.5 Å². The Kier molecular flexibility index (Phi) is 7.92. The fourth-order valence-electron chi connectivity index (χ4n) is 2.41. The summed E-state index contributed by atoms with van der Waals surface area (Å²) in [5.41, 5.74) is 12.1. The first-order chi connectivity index (χ1) is 14.3. The van der Waals surface area contributed by atoms with Crippen molar-refractivity contribution < 1.29 is 28.6 Å². The van der Waals surface area contributed by atoms with Crippen LogP contribution in [0.1, 0.15) is 35.7 Å². The predicted octanol–water partition coefficient (Wildman–Crippen LogP) is 2.02. The van der Waals surface area contributed by atoms with Crippen molar-refractivity contribution >= 4 is 29.6 Å². The van der Waals surface area contributed by atoms with Crippen molar-refractivity contribution in [3.63, 3.8) is 0 Å². The van der Waals surface area contributed by atoms with Gasteiger partial charge in [0.05, 0.1) is 23.8 Å². The molecular formula is C21H23N3O6. The van der Waals surface area contributed by atoms with Gasteiger partial charge in [0, 0.05) is 0 Å². The van der Waals surface area contributed by atoms with Crippen LogP contribution in [0.4, 0.5) is 5.69 Å². The van der Waals surface area contributed by atoms with E-state index in [1.54, 1.807) is 62.4 Å². The fraction of sp³-hybridized carbons (Fsp3) is 0.238. The van der Waals surface area contributed by atoms with Crippen molar-refractivity contribution in [3.05, 3.63) is 59.7 Å². The highest BCUT2D eigenvalue weighted by atomic mass is 16.6. The molecule has 0 saturated carbocycles. The second-order valence-corrected chi connectivity index (χ2v) is 6.18. The third kappa shape index (κ3) is 6.62. The molecule has 0 aromatic heterocycles. The largest absolute Gasteiger partial charge is 0.463 e. The minimum atomic E-state index is -0.605. The average molecular weight is 413 g/mol. The molecule has 2 aromatic rings. The molecular weight excluding hydrogens is 390 g/mol. The molecule has 2 aromatic carbocycles. The number of guanidine groups is 1. The molecule has 0 unspecified atom stereocenters. The molecule has 1 atom stereocenters. The van der Waals surface area contributed by atoms with Gasteiger partial charge in [0.25, 0.3) is 0 Å². The summed E-state index contributed by atoms with van der Waals surface area (Å²) in [5, 5.41) is 0. The molecule has 9 heteroatoms. The standard InChI is InChI=1S/C21H23N3O6/c1-3-28-18(25)12-29-19(26)13(2)14-6-10-17(11-7-14)30-20(27)15-4-8-16(9-5-15)24-21(22)23/h4-11,13H,3,12H2,1-2H3,(H4,22,23,24)/t13-/m1/s1. The molecule has 0 aliphatic heterocycles. The van der Waals surface area contributed by atoms with Crippen LogP contribution in [0.5, 0.6) is 5.75 Å². The molecule has 0 saturated heterocycles. The number of aliphatic imine (C=N–C) groups is 1. The Morgan fingerprint density at radius 3 is 2.17 bits per heavy atom. The lowest BCUT2D eigenvalue weighted by molar-refractivity contribution is -0.159. The van der Waals surface area contributed by atoms with Gasteiger partial charge in [0.2, 0.25) is 0 Å². The van der Waals surface area contributed by atoms with E-state index in [4.69, 9.17) is 25.7 Å². The van der Waals surface area contributed by atoms with Crippen molar-refractivity contribution in [1.82, 2.24) is 0 Å². The van der Waals surface area contributed by atoms with Gasteiger partial charge in [0.15, 0.2) is 12.6 Å². The maximum atomic E-state index is 12.3. The Balaban J connectivity index is 1.95. The number of carbonyl (C=O) groups is 3. The second-order valence-electron chi connectivity index (χ2n) is 6.18.